The monoisotopic (exact) mass is 709 g/mol. The van der Waals surface area contributed by atoms with Gasteiger partial charge >= 0.3 is 12.2 Å². The normalized spacial score (nSPS) is 17.3. The maximum Gasteiger partial charge on any atom is 0.408 e. The van der Waals surface area contributed by atoms with E-state index < -0.39 is 35.5 Å². The smallest absolute Gasteiger partial charge is 0.408 e. The lowest BCUT2D eigenvalue weighted by Gasteiger charge is -2.28. The molecule has 0 spiro atoms. The zero-order valence-electron chi connectivity index (χ0n) is 32.3. The summed E-state index contributed by atoms with van der Waals surface area (Å²) in [5, 5.41) is 18.6. The van der Waals surface area contributed by atoms with E-state index in [1.54, 1.807) is 0 Å². The molecular formula is C38H72N6O6. The molecule has 290 valence electrons. The summed E-state index contributed by atoms with van der Waals surface area (Å²) in [6, 6.07) is -1.15. The molecule has 2 aliphatic carbocycles. The quantitative estimate of drug-likeness (QED) is 0.0831. The maximum absolute atomic E-state index is 13.0. The number of alkyl carbamates (subject to hydrolysis) is 2. The van der Waals surface area contributed by atoms with Crippen molar-refractivity contribution < 1.29 is 28.7 Å². The summed E-state index contributed by atoms with van der Waals surface area (Å²) < 4.78 is 10.8. The van der Waals surface area contributed by atoms with Crippen molar-refractivity contribution >= 4 is 24.0 Å². The Morgan fingerprint density at radius 1 is 0.520 bits per heavy atom. The van der Waals surface area contributed by atoms with Gasteiger partial charge < -0.3 is 41.4 Å². The standard InChI is InChI=1S/C38H72N6O6/c1-37(2,3)49-35(47)43-31(27-29-17-9-7-10-18-29)33(45)41-25-15-23-39-21-13-14-22-40-24-16-26-42-34(46)32(28-30-19-11-8-12-20-30)44-36(48)50-38(4,5)6/h29-32,39-40H,7-28H2,1-6H3,(H,41,45)(H,42,46)(H,43,47)(H,44,48)/t31-,32-/m0/s1. The van der Waals surface area contributed by atoms with Gasteiger partial charge in [-0.3, -0.25) is 9.59 Å². The Morgan fingerprint density at radius 3 is 1.20 bits per heavy atom. The lowest BCUT2D eigenvalue weighted by molar-refractivity contribution is -0.124. The van der Waals surface area contributed by atoms with Crippen molar-refractivity contribution in [1.29, 1.82) is 0 Å². The Morgan fingerprint density at radius 2 is 0.860 bits per heavy atom. The minimum Gasteiger partial charge on any atom is -0.444 e. The van der Waals surface area contributed by atoms with Gasteiger partial charge in [0.25, 0.3) is 0 Å². The Hall–Kier alpha value is -2.60. The van der Waals surface area contributed by atoms with Crippen LogP contribution in [0.2, 0.25) is 0 Å². The van der Waals surface area contributed by atoms with Gasteiger partial charge in [-0.1, -0.05) is 64.2 Å². The molecular weight excluding hydrogens is 636 g/mol. The lowest BCUT2D eigenvalue weighted by Crippen LogP contribution is -2.49. The highest BCUT2D eigenvalue weighted by Crippen LogP contribution is 2.28. The van der Waals surface area contributed by atoms with Gasteiger partial charge in [0.05, 0.1) is 0 Å². The first-order valence-corrected chi connectivity index (χ1v) is 19.7. The molecule has 0 bridgehead atoms. The maximum atomic E-state index is 13.0. The van der Waals surface area contributed by atoms with E-state index in [2.05, 4.69) is 31.9 Å². The summed E-state index contributed by atoms with van der Waals surface area (Å²) in [5.74, 6) is 0.636. The van der Waals surface area contributed by atoms with E-state index in [9.17, 15) is 19.2 Å². The van der Waals surface area contributed by atoms with Gasteiger partial charge in [0, 0.05) is 13.1 Å². The van der Waals surface area contributed by atoms with Gasteiger partial charge in [-0.15, -0.1) is 0 Å². The molecule has 4 amide bonds. The average Bonchev–Trinajstić information content (AvgIpc) is 3.03. The van der Waals surface area contributed by atoms with E-state index in [1.807, 2.05) is 41.5 Å². The highest BCUT2D eigenvalue weighted by molar-refractivity contribution is 5.86. The summed E-state index contributed by atoms with van der Waals surface area (Å²) in [7, 11) is 0. The second-order valence-corrected chi connectivity index (χ2v) is 16.4. The van der Waals surface area contributed by atoms with E-state index >= 15 is 0 Å². The predicted molar refractivity (Wildman–Crippen MR) is 199 cm³/mol. The molecule has 0 heterocycles. The second kappa shape index (κ2) is 23.8. The molecule has 2 atom stereocenters. The number of carbonyl (C=O) groups excluding carboxylic acids is 4. The number of rotatable bonds is 21. The molecule has 12 nitrogen and oxygen atoms in total. The van der Waals surface area contributed by atoms with Gasteiger partial charge in [-0.05, 0) is 118 Å². The van der Waals surface area contributed by atoms with Crippen molar-refractivity contribution in [1.82, 2.24) is 31.9 Å². The van der Waals surface area contributed by atoms with Crippen molar-refractivity contribution in [3.8, 4) is 0 Å². The minimum atomic E-state index is -0.612. The Bertz CT molecular complexity index is 907. The number of carbonyl (C=O) groups is 4. The van der Waals surface area contributed by atoms with Gasteiger partial charge in [0.2, 0.25) is 11.8 Å². The van der Waals surface area contributed by atoms with Crippen LogP contribution < -0.4 is 31.9 Å². The van der Waals surface area contributed by atoms with E-state index in [4.69, 9.17) is 9.47 Å². The molecule has 0 saturated heterocycles. The van der Waals surface area contributed by atoms with Crippen molar-refractivity contribution in [3.63, 3.8) is 0 Å². The molecule has 0 aromatic carbocycles. The number of unbranched alkanes of at least 4 members (excludes halogenated alkanes) is 1. The summed E-state index contributed by atoms with van der Waals surface area (Å²) in [4.78, 5) is 50.8. The fourth-order valence-corrected chi connectivity index (χ4v) is 6.72. The van der Waals surface area contributed by atoms with Gasteiger partial charge in [-0.25, -0.2) is 9.59 Å². The van der Waals surface area contributed by atoms with Crippen LogP contribution in [0, 0.1) is 11.8 Å². The van der Waals surface area contributed by atoms with Crippen LogP contribution in [0.15, 0.2) is 0 Å². The molecule has 6 N–H and O–H groups in total. The summed E-state index contributed by atoms with van der Waals surface area (Å²) in [5.41, 5.74) is -1.22. The molecule has 0 aromatic heterocycles. The van der Waals surface area contributed by atoms with Crippen LogP contribution in [-0.2, 0) is 19.1 Å². The fourth-order valence-electron chi connectivity index (χ4n) is 6.72. The molecule has 0 aromatic rings. The largest absolute Gasteiger partial charge is 0.444 e. The average molecular weight is 709 g/mol. The van der Waals surface area contributed by atoms with Crippen molar-refractivity contribution in [2.75, 3.05) is 39.3 Å². The van der Waals surface area contributed by atoms with E-state index in [0.717, 1.165) is 77.5 Å². The number of hydrogen-bond donors (Lipinski definition) is 6. The number of amides is 4. The molecule has 0 unspecified atom stereocenters. The molecule has 2 aliphatic rings. The fraction of sp³-hybridized carbons (Fsp3) is 0.895. The third kappa shape index (κ3) is 21.6. The molecule has 50 heavy (non-hydrogen) atoms. The predicted octanol–water partition coefficient (Wildman–Crippen LogP) is 5.69. The highest BCUT2D eigenvalue weighted by Gasteiger charge is 2.29. The van der Waals surface area contributed by atoms with Gasteiger partial charge in [0.1, 0.15) is 23.3 Å². The second-order valence-electron chi connectivity index (χ2n) is 16.4. The summed E-state index contributed by atoms with van der Waals surface area (Å²) in [6.07, 6.45) is 15.6. The van der Waals surface area contributed by atoms with Crippen LogP contribution in [0.3, 0.4) is 0 Å². The molecule has 2 rings (SSSR count). The van der Waals surface area contributed by atoms with Crippen LogP contribution in [0.1, 0.15) is 144 Å². The summed E-state index contributed by atoms with van der Waals surface area (Å²) >= 11 is 0. The molecule has 2 saturated carbocycles. The van der Waals surface area contributed by atoms with Crippen LogP contribution in [0.4, 0.5) is 9.59 Å². The third-order valence-corrected chi connectivity index (χ3v) is 9.22. The van der Waals surface area contributed by atoms with Crippen LogP contribution in [0.25, 0.3) is 0 Å². The van der Waals surface area contributed by atoms with Crippen LogP contribution >= 0.6 is 0 Å². The highest BCUT2D eigenvalue weighted by atomic mass is 16.6. The first-order valence-electron chi connectivity index (χ1n) is 19.7. The molecule has 2 fully saturated rings. The number of nitrogens with one attached hydrogen (secondary N) is 6. The molecule has 0 aliphatic heterocycles. The van der Waals surface area contributed by atoms with Crippen LogP contribution in [0.5, 0.6) is 0 Å². The SMILES string of the molecule is CC(C)(C)OC(=O)N[C@@H](CC1CCCCC1)C(=O)NCCCNCCCCNCCCNC(=O)[C@H](CC1CCCCC1)NC(=O)OC(C)(C)C. The lowest BCUT2D eigenvalue weighted by atomic mass is 9.84. The zero-order chi connectivity index (χ0) is 36.8. The van der Waals surface area contributed by atoms with E-state index in [0.29, 0.717) is 37.8 Å². The van der Waals surface area contributed by atoms with Gasteiger partial charge in [-0.2, -0.15) is 0 Å². The Balaban J connectivity index is 1.53. The van der Waals surface area contributed by atoms with Crippen molar-refractivity contribution in [2.45, 2.75) is 168 Å². The first kappa shape index (κ1) is 43.6. The van der Waals surface area contributed by atoms with Crippen LogP contribution in [-0.4, -0.2) is 86.6 Å². The first-order chi connectivity index (χ1) is 23.7. The number of hydrogen-bond acceptors (Lipinski definition) is 8. The Labute approximate surface area is 302 Å². The molecule has 0 radical (unpaired) electrons. The topological polar surface area (TPSA) is 159 Å². The van der Waals surface area contributed by atoms with Crippen molar-refractivity contribution in [3.05, 3.63) is 0 Å². The number of ether oxygens (including phenoxy) is 2. The van der Waals surface area contributed by atoms with Crippen molar-refractivity contribution in [2.24, 2.45) is 11.8 Å². The zero-order valence-corrected chi connectivity index (χ0v) is 32.3. The third-order valence-electron chi connectivity index (χ3n) is 9.22. The molecule has 12 heteroatoms. The Kier molecular flexibility index (Phi) is 20.7. The van der Waals surface area contributed by atoms with Gasteiger partial charge in [0.15, 0.2) is 0 Å². The van der Waals surface area contributed by atoms with E-state index in [-0.39, 0.29) is 11.8 Å². The minimum absolute atomic E-state index is 0.135. The van der Waals surface area contributed by atoms with E-state index in [1.165, 1.54) is 38.5 Å². The summed E-state index contributed by atoms with van der Waals surface area (Å²) in [6.45, 7) is 15.5.